The second-order valence-corrected chi connectivity index (χ2v) is 8.09. The highest BCUT2D eigenvalue weighted by Gasteiger charge is 2.28. The van der Waals surface area contributed by atoms with Crippen molar-refractivity contribution in [2.24, 2.45) is 4.40 Å². The van der Waals surface area contributed by atoms with Gasteiger partial charge in [-0.3, -0.25) is 4.72 Å². The fraction of sp³-hybridized carbons (Fsp3) is 0.211. The molecular weight excluding hydrogens is 386 g/mol. The first kappa shape index (κ1) is 17.9. The molecule has 0 bridgehead atoms. The van der Waals surface area contributed by atoms with Crippen LogP contribution in [0.1, 0.15) is 11.1 Å². The maximum absolute atomic E-state index is 12.4. The molecule has 0 spiro atoms. The summed E-state index contributed by atoms with van der Waals surface area (Å²) in [4.78, 5) is 0. The van der Waals surface area contributed by atoms with Crippen LogP contribution in [0.2, 0.25) is 0 Å². The first-order valence-corrected chi connectivity index (χ1v) is 10.4. The smallest absolute Gasteiger partial charge is 0.342 e. The van der Waals surface area contributed by atoms with Gasteiger partial charge in [-0.25, -0.2) is 0 Å². The maximum atomic E-state index is 12.4. The fourth-order valence-corrected chi connectivity index (χ4v) is 4.03. The lowest BCUT2D eigenvalue weighted by Crippen LogP contribution is -2.16. The van der Waals surface area contributed by atoms with E-state index in [-0.39, 0.29) is 6.10 Å². The van der Waals surface area contributed by atoms with Gasteiger partial charge >= 0.3 is 10.2 Å². The Balaban J connectivity index is 1.68. The average molecular weight is 404 g/mol. The van der Waals surface area contributed by atoms with E-state index in [1.54, 1.807) is 12.1 Å². The molecule has 1 aliphatic heterocycles. The summed E-state index contributed by atoms with van der Waals surface area (Å²) in [5.74, 6) is 0.955. The summed E-state index contributed by atoms with van der Waals surface area (Å²) in [6.45, 7) is 2.56. The van der Waals surface area contributed by atoms with Crippen molar-refractivity contribution in [3.63, 3.8) is 0 Å². The van der Waals surface area contributed by atoms with Gasteiger partial charge in [0.2, 0.25) is 5.88 Å². The quantitative estimate of drug-likeness (QED) is 0.521. The van der Waals surface area contributed by atoms with Crippen molar-refractivity contribution in [3.8, 4) is 5.88 Å². The van der Waals surface area contributed by atoms with Gasteiger partial charge in [-0.1, -0.05) is 35.9 Å². The monoisotopic (exact) mass is 403 g/mol. The van der Waals surface area contributed by atoms with Gasteiger partial charge in [0.1, 0.15) is 6.10 Å². The highest BCUT2D eigenvalue weighted by atomic mass is 35.5. The van der Waals surface area contributed by atoms with Crippen LogP contribution in [0, 0.1) is 6.92 Å². The van der Waals surface area contributed by atoms with Crippen LogP contribution in [0.15, 0.2) is 52.9 Å². The number of fused-ring (bicyclic) bond motifs is 3. The number of nitrogens with one attached hydrogen (secondary N) is 1. The summed E-state index contributed by atoms with van der Waals surface area (Å²) < 4.78 is 38.9. The minimum absolute atomic E-state index is 0.138. The molecule has 1 unspecified atom stereocenters. The van der Waals surface area contributed by atoms with Gasteiger partial charge in [-0.05, 0) is 25.1 Å². The highest BCUT2D eigenvalue weighted by Crippen LogP contribution is 2.36. The Morgan fingerprint density at radius 2 is 2.00 bits per heavy atom. The van der Waals surface area contributed by atoms with Crippen molar-refractivity contribution in [1.29, 1.82) is 0 Å². The number of hydrogen-bond acceptors (Lipinski definition) is 3. The summed E-state index contributed by atoms with van der Waals surface area (Å²) in [7, 11) is -3.90. The molecule has 1 aromatic heterocycles. The molecule has 6 nitrogen and oxygen atoms in total. The molecule has 0 fully saturated rings. The Bertz CT molecular complexity index is 1120. The molecule has 27 heavy (non-hydrogen) atoms. The number of hydrogen-bond donors (Lipinski definition) is 1. The van der Waals surface area contributed by atoms with Crippen molar-refractivity contribution >= 4 is 44.6 Å². The molecule has 0 radical (unpaired) electrons. The first-order valence-electron chi connectivity index (χ1n) is 8.45. The van der Waals surface area contributed by atoms with Gasteiger partial charge in [0.05, 0.1) is 35.4 Å². The third-order valence-corrected chi connectivity index (χ3v) is 5.64. The van der Waals surface area contributed by atoms with Gasteiger partial charge in [-0.15, -0.1) is 11.6 Å². The number of halogens is 1. The third-order valence-electron chi connectivity index (χ3n) is 4.42. The highest BCUT2D eigenvalue weighted by molar-refractivity contribution is 7.91. The van der Waals surface area contributed by atoms with E-state index in [0.717, 1.165) is 16.5 Å². The van der Waals surface area contributed by atoms with E-state index in [0.29, 0.717) is 29.6 Å². The number of nitrogens with zero attached hydrogens (tertiary/aromatic N) is 2. The number of rotatable bonds is 5. The Morgan fingerprint density at radius 1 is 1.26 bits per heavy atom. The minimum Gasteiger partial charge on any atom is -0.472 e. The predicted molar refractivity (Wildman–Crippen MR) is 108 cm³/mol. The Kier molecular flexibility index (Phi) is 4.57. The number of alkyl halides is 1. The molecule has 0 saturated heterocycles. The Labute approximate surface area is 162 Å². The van der Waals surface area contributed by atoms with E-state index >= 15 is 0 Å². The molecule has 3 aromatic rings. The lowest BCUT2D eigenvalue weighted by Gasteiger charge is -2.06. The Morgan fingerprint density at radius 3 is 2.74 bits per heavy atom. The topological polar surface area (TPSA) is 72.7 Å². The van der Waals surface area contributed by atoms with Crippen LogP contribution < -0.4 is 9.46 Å². The van der Waals surface area contributed by atoms with E-state index in [2.05, 4.69) is 9.12 Å². The second-order valence-electron chi connectivity index (χ2n) is 6.42. The van der Waals surface area contributed by atoms with E-state index < -0.39 is 10.2 Å². The standard InChI is InChI=1S/C19H18ClN3O3S/c1-13-6-8-14(9-7-13)22-27(24,25)21-11-17-16-4-2-3-5-18(16)23-12-15(10-20)26-19(17)23/h2-9,11,15,22H,10,12H2,1H3/b21-11+. The lowest BCUT2D eigenvalue weighted by atomic mass is 10.2. The van der Waals surface area contributed by atoms with Crippen LogP contribution in [-0.4, -0.2) is 31.2 Å². The van der Waals surface area contributed by atoms with Crippen LogP contribution >= 0.6 is 11.6 Å². The zero-order chi connectivity index (χ0) is 19.0. The predicted octanol–water partition coefficient (Wildman–Crippen LogP) is 3.73. The van der Waals surface area contributed by atoms with Gasteiger partial charge in [0.25, 0.3) is 0 Å². The molecule has 0 amide bonds. The Hall–Kier alpha value is -2.51. The van der Waals surface area contributed by atoms with Crippen molar-refractivity contribution < 1.29 is 13.2 Å². The number of benzene rings is 2. The number of anilines is 1. The van der Waals surface area contributed by atoms with Gasteiger partial charge in [0.15, 0.2) is 0 Å². The van der Waals surface area contributed by atoms with Gasteiger partial charge in [0, 0.05) is 5.39 Å². The molecule has 2 heterocycles. The van der Waals surface area contributed by atoms with Crippen LogP contribution in [-0.2, 0) is 16.8 Å². The van der Waals surface area contributed by atoms with Crippen LogP contribution in [0.5, 0.6) is 5.88 Å². The average Bonchev–Trinajstić information content (AvgIpc) is 3.19. The summed E-state index contributed by atoms with van der Waals surface area (Å²) in [5, 5.41) is 0.884. The van der Waals surface area contributed by atoms with E-state index in [9.17, 15) is 8.42 Å². The van der Waals surface area contributed by atoms with Crippen molar-refractivity contribution in [3.05, 3.63) is 59.7 Å². The first-order chi connectivity index (χ1) is 13.0. The molecular formula is C19H18ClN3O3S. The third kappa shape index (κ3) is 3.52. The molecule has 1 N–H and O–H groups in total. The van der Waals surface area contributed by atoms with E-state index in [1.165, 1.54) is 6.21 Å². The van der Waals surface area contributed by atoms with Crippen LogP contribution in [0.25, 0.3) is 10.9 Å². The van der Waals surface area contributed by atoms with Gasteiger partial charge in [-0.2, -0.15) is 12.8 Å². The maximum Gasteiger partial charge on any atom is 0.342 e. The lowest BCUT2D eigenvalue weighted by molar-refractivity contribution is 0.257. The molecule has 1 aliphatic rings. The molecule has 1 atom stereocenters. The molecule has 140 valence electrons. The van der Waals surface area contributed by atoms with Crippen molar-refractivity contribution in [1.82, 2.24) is 4.57 Å². The number of aryl methyl sites for hydroxylation is 1. The summed E-state index contributed by atoms with van der Waals surface area (Å²) in [6.07, 6.45) is 1.20. The molecule has 0 saturated carbocycles. The van der Waals surface area contributed by atoms with Gasteiger partial charge < -0.3 is 9.30 Å². The van der Waals surface area contributed by atoms with Crippen molar-refractivity contribution in [2.75, 3.05) is 10.6 Å². The molecule has 8 heteroatoms. The minimum atomic E-state index is -3.90. The molecule has 0 aliphatic carbocycles. The zero-order valence-corrected chi connectivity index (χ0v) is 16.2. The molecule has 2 aromatic carbocycles. The van der Waals surface area contributed by atoms with E-state index in [1.807, 2.05) is 47.9 Å². The second kappa shape index (κ2) is 6.90. The molecule has 4 rings (SSSR count). The van der Waals surface area contributed by atoms with Crippen molar-refractivity contribution in [2.45, 2.75) is 19.6 Å². The summed E-state index contributed by atoms with van der Waals surface area (Å²) in [6, 6.07) is 14.8. The van der Waals surface area contributed by atoms with Crippen LogP contribution in [0.4, 0.5) is 5.69 Å². The zero-order valence-electron chi connectivity index (χ0n) is 14.6. The normalized spacial score (nSPS) is 16.6. The van der Waals surface area contributed by atoms with Crippen LogP contribution in [0.3, 0.4) is 0 Å². The fourth-order valence-electron chi connectivity index (χ4n) is 3.14. The number of ether oxygens (including phenoxy) is 1. The summed E-state index contributed by atoms with van der Waals surface area (Å²) in [5.41, 5.74) is 3.10. The SMILES string of the molecule is Cc1ccc(NS(=O)(=O)/N=C/c2c3n(c4ccccc24)CC(CCl)O3)cc1. The number of para-hydroxylation sites is 1. The number of aromatic nitrogens is 1. The largest absolute Gasteiger partial charge is 0.472 e. The summed E-state index contributed by atoms with van der Waals surface area (Å²) >= 11 is 5.93. The van der Waals surface area contributed by atoms with E-state index in [4.69, 9.17) is 16.3 Å².